The molecule has 0 saturated carbocycles. The lowest BCUT2D eigenvalue weighted by molar-refractivity contribution is 0.561. The van der Waals surface area contributed by atoms with E-state index in [0.717, 1.165) is 16.8 Å². The summed E-state index contributed by atoms with van der Waals surface area (Å²) in [6, 6.07) is 5.83. The third-order valence-electron chi connectivity index (χ3n) is 2.78. The van der Waals surface area contributed by atoms with Gasteiger partial charge in [-0.05, 0) is 31.0 Å². The average molecular weight is 240 g/mol. The number of hydrogen-bond acceptors (Lipinski definition) is 2. The van der Waals surface area contributed by atoms with Gasteiger partial charge in [-0.15, -0.1) is 0 Å². The van der Waals surface area contributed by atoms with Crippen LogP contribution in [0.5, 0.6) is 0 Å². The molecule has 0 bridgehead atoms. The molecule has 1 aromatic carbocycles. The molecule has 1 aromatic rings. The van der Waals surface area contributed by atoms with Crippen molar-refractivity contribution in [2.45, 2.75) is 13.8 Å². The number of aryl methyl sites for hydroxylation is 2. The topological polar surface area (TPSA) is 40.4 Å². The van der Waals surface area contributed by atoms with Crippen LogP contribution in [-0.4, -0.2) is 32.9 Å². The van der Waals surface area contributed by atoms with E-state index in [2.05, 4.69) is 0 Å². The van der Waals surface area contributed by atoms with E-state index in [1.165, 1.54) is 8.61 Å². The highest BCUT2D eigenvalue weighted by Gasteiger charge is 2.35. The number of anilines is 1. The highest BCUT2D eigenvalue weighted by molar-refractivity contribution is 7.90. The van der Waals surface area contributed by atoms with E-state index in [4.69, 9.17) is 0 Å². The number of hydrogen-bond donors (Lipinski definition) is 0. The second-order valence-corrected chi connectivity index (χ2v) is 6.12. The second-order valence-electron chi connectivity index (χ2n) is 4.16. The summed E-state index contributed by atoms with van der Waals surface area (Å²) in [5.41, 5.74) is 2.79. The van der Waals surface area contributed by atoms with Gasteiger partial charge in [-0.3, -0.25) is 4.31 Å². The van der Waals surface area contributed by atoms with E-state index in [1.54, 1.807) is 7.05 Å². The molecule has 88 valence electrons. The van der Waals surface area contributed by atoms with Gasteiger partial charge < -0.3 is 0 Å². The molecular weight excluding hydrogens is 224 g/mol. The van der Waals surface area contributed by atoms with Crippen molar-refractivity contribution in [2.24, 2.45) is 0 Å². The fraction of sp³-hybridized carbons (Fsp3) is 0.455. The molecule has 0 unspecified atom stereocenters. The van der Waals surface area contributed by atoms with Crippen molar-refractivity contribution >= 4 is 15.9 Å². The van der Waals surface area contributed by atoms with Crippen LogP contribution in [0.25, 0.3) is 0 Å². The molecule has 4 nitrogen and oxygen atoms in total. The molecule has 0 aliphatic carbocycles. The van der Waals surface area contributed by atoms with Gasteiger partial charge in [0, 0.05) is 20.1 Å². The SMILES string of the molecule is Cc1ccc(C)c(N(C)S(=O)(=O)N2CC2)c1. The van der Waals surface area contributed by atoms with Crippen LogP contribution in [0.15, 0.2) is 18.2 Å². The smallest absolute Gasteiger partial charge is 0.260 e. The molecule has 1 fully saturated rings. The van der Waals surface area contributed by atoms with E-state index >= 15 is 0 Å². The molecule has 1 saturated heterocycles. The minimum atomic E-state index is -3.29. The van der Waals surface area contributed by atoms with Crippen molar-refractivity contribution in [3.8, 4) is 0 Å². The molecule has 16 heavy (non-hydrogen) atoms. The maximum Gasteiger partial charge on any atom is 0.303 e. The van der Waals surface area contributed by atoms with Gasteiger partial charge in [-0.25, -0.2) is 0 Å². The molecular formula is C11H16N2O2S. The molecule has 0 atom stereocenters. The van der Waals surface area contributed by atoms with Crippen LogP contribution in [0.4, 0.5) is 5.69 Å². The van der Waals surface area contributed by atoms with Gasteiger partial charge in [0.1, 0.15) is 0 Å². The van der Waals surface area contributed by atoms with E-state index < -0.39 is 10.2 Å². The summed E-state index contributed by atoms with van der Waals surface area (Å²) in [6.07, 6.45) is 0. The number of rotatable bonds is 3. The Morgan fingerprint density at radius 3 is 2.44 bits per heavy atom. The Labute approximate surface area is 96.7 Å². The second kappa shape index (κ2) is 3.75. The Bertz CT molecular complexity index is 507. The molecule has 0 spiro atoms. The Morgan fingerprint density at radius 1 is 1.25 bits per heavy atom. The van der Waals surface area contributed by atoms with Crippen LogP contribution in [-0.2, 0) is 10.2 Å². The standard InChI is InChI=1S/C11H16N2O2S/c1-9-4-5-10(2)11(8-9)12(3)16(14,15)13-6-7-13/h4-5,8H,6-7H2,1-3H3. The molecule has 0 N–H and O–H groups in total. The highest BCUT2D eigenvalue weighted by Crippen LogP contribution is 2.26. The summed E-state index contributed by atoms with van der Waals surface area (Å²) in [5, 5.41) is 0. The Kier molecular flexibility index (Phi) is 2.67. The van der Waals surface area contributed by atoms with Crippen molar-refractivity contribution in [1.82, 2.24) is 4.31 Å². The molecule has 5 heteroatoms. The van der Waals surface area contributed by atoms with E-state index in [0.29, 0.717) is 13.1 Å². The molecule has 2 rings (SSSR count). The van der Waals surface area contributed by atoms with Crippen LogP contribution < -0.4 is 4.31 Å². The molecule has 0 aromatic heterocycles. The molecule has 1 aliphatic rings. The summed E-state index contributed by atoms with van der Waals surface area (Å²) in [7, 11) is -1.68. The van der Waals surface area contributed by atoms with E-state index in [9.17, 15) is 8.42 Å². The van der Waals surface area contributed by atoms with Crippen molar-refractivity contribution in [3.05, 3.63) is 29.3 Å². The first-order chi connectivity index (χ1) is 7.43. The zero-order valence-corrected chi connectivity index (χ0v) is 10.6. The van der Waals surface area contributed by atoms with Crippen LogP contribution in [0.1, 0.15) is 11.1 Å². The summed E-state index contributed by atoms with van der Waals surface area (Å²) in [5.74, 6) is 0. The van der Waals surface area contributed by atoms with Gasteiger partial charge in [0.25, 0.3) is 0 Å². The Balaban J connectivity index is 2.40. The van der Waals surface area contributed by atoms with Crippen LogP contribution in [0.3, 0.4) is 0 Å². The van der Waals surface area contributed by atoms with Gasteiger partial charge in [0.05, 0.1) is 5.69 Å². The summed E-state index contributed by atoms with van der Waals surface area (Å²) in [4.78, 5) is 0. The molecule has 0 amide bonds. The third kappa shape index (κ3) is 1.92. The van der Waals surface area contributed by atoms with E-state index in [1.807, 2.05) is 32.0 Å². The molecule has 1 heterocycles. The van der Waals surface area contributed by atoms with Gasteiger partial charge in [0.2, 0.25) is 0 Å². The van der Waals surface area contributed by atoms with Crippen molar-refractivity contribution < 1.29 is 8.42 Å². The normalized spacial score (nSPS) is 16.2. The fourth-order valence-electron chi connectivity index (χ4n) is 1.63. The third-order valence-corrected chi connectivity index (χ3v) is 4.69. The quantitative estimate of drug-likeness (QED) is 0.747. The zero-order chi connectivity index (χ0) is 11.9. The first-order valence-corrected chi connectivity index (χ1v) is 6.64. The average Bonchev–Trinajstić information content (AvgIpc) is 3.04. The Hall–Kier alpha value is -1.07. The maximum atomic E-state index is 12.0. The predicted molar refractivity (Wildman–Crippen MR) is 64.8 cm³/mol. The molecule has 1 aliphatic heterocycles. The van der Waals surface area contributed by atoms with Crippen LogP contribution >= 0.6 is 0 Å². The summed E-state index contributed by atoms with van der Waals surface area (Å²) < 4.78 is 26.8. The largest absolute Gasteiger partial charge is 0.303 e. The van der Waals surface area contributed by atoms with Crippen LogP contribution in [0.2, 0.25) is 0 Å². The van der Waals surface area contributed by atoms with Crippen molar-refractivity contribution in [2.75, 3.05) is 24.4 Å². The lowest BCUT2D eigenvalue weighted by Crippen LogP contribution is -2.32. The highest BCUT2D eigenvalue weighted by atomic mass is 32.2. The van der Waals surface area contributed by atoms with Crippen molar-refractivity contribution in [3.63, 3.8) is 0 Å². The molecule has 0 radical (unpaired) electrons. The Morgan fingerprint density at radius 2 is 1.88 bits per heavy atom. The van der Waals surface area contributed by atoms with Crippen molar-refractivity contribution in [1.29, 1.82) is 0 Å². The van der Waals surface area contributed by atoms with Gasteiger partial charge in [-0.2, -0.15) is 12.7 Å². The van der Waals surface area contributed by atoms with Gasteiger partial charge in [-0.1, -0.05) is 12.1 Å². The minimum absolute atomic E-state index is 0.636. The lowest BCUT2D eigenvalue weighted by Gasteiger charge is -2.21. The summed E-state index contributed by atoms with van der Waals surface area (Å²) in [6.45, 7) is 5.15. The number of nitrogens with zero attached hydrogens (tertiary/aromatic N) is 2. The first kappa shape index (κ1) is 11.4. The summed E-state index contributed by atoms with van der Waals surface area (Å²) >= 11 is 0. The van der Waals surface area contributed by atoms with Crippen LogP contribution in [0, 0.1) is 13.8 Å². The minimum Gasteiger partial charge on any atom is -0.260 e. The van der Waals surface area contributed by atoms with E-state index in [-0.39, 0.29) is 0 Å². The van der Waals surface area contributed by atoms with Gasteiger partial charge in [0.15, 0.2) is 0 Å². The predicted octanol–water partition coefficient (Wildman–Crippen LogP) is 1.30. The van der Waals surface area contributed by atoms with Gasteiger partial charge >= 0.3 is 10.2 Å². The fourth-order valence-corrected chi connectivity index (χ4v) is 2.96. The lowest BCUT2D eigenvalue weighted by atomic mass is 10.1. The maximum absolute atomic E-state index is 12.0. The first-order valence-electron chi connectivity index (χ1n) is 5.24. The number of benzene rings is 1. The zero-order valence-electron chi connectivity index (χ0n) is 9.77. The monoisotopic (exact) mass is 240 g/mol.